The predicted molar refractivity (Wildman–Crippen MR) is 88.2 cm³/mol. The van der Waals surface area contributed by atoms with Gasteiger partial charge in [-0.25, -0.2) is 0 Å². The highest BCUT2D eigenvalue weighted by Gasteiger charge is 2.34. The first kappa shape index (κ1) is 18.9. The summed E-state index contributed by atoms with van der Waals surface area (Å²) in [5.41, 5.74) is -1.40. The molecule has 0 bridgehead atoms. The van der Waals surface area contributed by atoms with Crippen molar-refractivity contribution in [2.45, 2.75) is 13.1 Å². The number of benzene rings is 2. The standard InChI is InChI=1S/C17H15ClF3NO3/c1-2-24-12-4-6-13(7-5-12)25-10-16(23)22-15-8-3-11(18)9-14(15)17(19,20)21/h3-9H,2,10H2,1H3,(H,22,23). The van der Waals surface area contributed by atoms with Crippen LogP contribution in [0, 0.1) is 0 Å². The third kappa shape index (κ3) is 5.56. The Bertz CT molecular complexity index is 733. The Hall–Kier alpha value is -2.41. The van der Waals surface area contributed by atoms with Crippen molar-refractivity contribution in [2.75, 3.05) is 18.5 Å². The van der Waals surface area contributed by atoms with Gasteiger partial charge in [0.25, 0.3) is 5.91 Å². The summed E-state index contributed by atoms with van der Waals surface area (Å²) in [4.78, 5) is 11.9. The van der Waals surface area contributed by atoms with Crippen LogP contribution in [0.2, 0.25) is 5.02 Å². The third-order valence-corrected chi connectivity index (χ3v) is 3.30. The summed E-state index contributed by atoms with van der Waals surface area (Å²) in [7, 11) is 0. The average molecular weight is 374 g/mol. The van der Waals surface area contributed by atoms with Gasteiger partial charge in [0.05, 0.1) is 17.9 Å². The maximum Gasteiger partial charge on any atom is 0.418 e. The number of carbonyl (C=O) groups is 1. The second-order valence-corrected chi connectivity index (χ2v) is 5.37. The molecule has 0 aliphatic carbocycles. The second kappa shape index (κ2) is 8.11. The van der Waals surface area contributed by atoms with Crippen molar-refractivity contribution in [3.05, 3.63) is 53.1 Å². The zero-order chi connectivity index (χ0) is 18.4. The van der Waals surface area contributed by atoms with Crippen LogP contribution in [-0.4, -0.2) is 19.1 Å². The SMILES string of the molecule is CCOc1ccc(OCC(=O)Nc2ccc(Cl)cc2C(F)(F)F)cc1. The van der Waals surface area contributed by atoms with Crippen LogP contribution in [0.15, 0.2) is 42.5 Å². The topological polar surface area (TPSA) is 47.6 Å². The Labute approximate surface area is 147 Å². The molecule has 0 fully saturated rings. The fraction of sp³-hybridized carbons (Fsp3) is 0.235. The lowest BCUT2D eigenvalue weighted by Crippen LogP contribution is -2.22. The molecule has 2 rings (SSSR count). The largest absolute Gasteiger partial charge is 0.494 e. The highest BCUT2D eigenvalue weighted by Crippen LogP contribution is 2.36. The van der Waals surface area contributed by atoms with E-state index in [2.05, 4.69) is 5.32 Å². The molecular formula is C17H15ClF3NO3. The first-order valence-electron chi connectivity index (χ1n) is 7.32. The lowest BCUT2D eigenvalue weighted by Gasteiger charge is -2.14. The highest BCUT2D eigenvalue weighted by atomic mass is 35.5. The molecule has 0 saturated heterocycles. The van der Waals surface area contributed by atoms with Gasteiger partial charge in [-0.15, -0.1) is 0 Å². The van der Waals surface area contributed by atoms with E-state index in [0.717, 1.165) is 12.1 Å². The van der Waals surface area contributed by atoms with E-state index >= 15 is 0 Å². The second-order valence-electron chi connectivity index (χ2n) is 4.93. The van der Waals surface area contributed by atoms with Crippen LogP contribution in [0.25, 0.3) is 0 Å². The average Bonchev–Trinajstić information content (AvgIpc) is 2.55. The summed E-state index contributed by atoms with van der Waals surface area (Å²) in [5, 5.41) is 2.11. The lowest BCUT2D eigenvalue weighted by atomic mass is 10.1. The molecule has 1 N–H and O–H groups in total. The van der Waals surface area contributed by atoms with Crippen molar-refractivity contribution >= 4 is 23.2 Å². The Morgan fingerprint density at radius 2 is 1.68 bits per heavy atom. The number of amides is 1. The van der Waals surface area contributed by atoms with Crippen LogP contribution in [0.4, 0.5) is 18.9 Å². The van der Waals surface area contributed by atoms with Gasteiger partial charge in [-0.05, 0) is 49.4 Å². The Balaban J connectivity index is 1.99. The summed E-state index contributed by atoms with van der Waals surface area (Å²) in [6, 6.07) is 9.64. The van der Waals surface area contributed by atoms with E-state index in [1.165, 1.54) is 6.07 Å². The Morgan fingerprint density at radius 1 is 1.08 bits per heavy atom. The summed E-state index contributed by atoms with van der Waals surface area (Å²) >= 11 is 5.59. The van der Waals surface area contributed by atoms with E-state index in [1.807, 2.05) is 6.92 Å². The number of rotatable bonds is 6. The molecule has 0 saturated carbocycles. The molecule has 0 unspecified atom stereocenters. The predicted octanol–water partition coefficient (Wildman–Crippen LogP) is 4.78. The number of halogens is 4. The van der Waals surface area contributed by atoms with Gasteiger partial charge in [0, 0.05) is 5.02 Å². The monoisotopic (exact) mass is 373 g/mol. The van der Waals surface area contributed by atoms with Crippen molar-refractivity contribution < 1.29 is 27.4 Å². The minimum atomic E-state index is -4.64. The van der Waals surface area contributed by atoms with E-state index in [4.69, 9.17) is 21.1 Å². The lowest BCUT2D eigenvalue weighted by molar-refractivity contribution is -0.137. The normalized spacial score (nSPS) is 11.1. The number of hydrogen-bond donors (Lipinski definition) is 1. The van der Waals surface area contributed by atoms with Crippen LogP contribution >= 0.6 is 11.6 Å². The first-order valence-corrected chi connectivity index (χ1v) is 7.69. The molecular weight excluding hydrogens is 359 g/mol. The minimum absolute atomic E-state index is 0.0732. The minimum Gasteiger partial charge on any atom is -0.494 e. The van der Waals surface area contributed by atoms with Crippen LogP contribution in [-0.2, 0) is 11.0 Å². The molecule has 0 radical (unpaired) electrons. The van der Waals surface area contributed by atoms with Gasteiger partial charge in [-0.3, -0.25) is 4.79 Å². The molecule has 134 valence electrons. The summed E-state index contributed by atoms with van der Waals surface area (Å²) in [5.74, 6) is 0.322. The maximum absolute atomic E-state index is 13.0. The number of nitrogens with one attached hydrogen (secondary N) is 1. The molecule has 0 spiro atoms. The van der Waals surface area contributed by atoms with Crippen LogP contribution in [0.1, 0.15) is 12.5 Å². The van der Waals surface area contributed by atoms with Crippen LogP contribution in [0.3, 0.4) is 0 Å². The smallest absolute Gasteiger partial charge is 0.418 e. The number of alkyl halides is 3. The molecule has 8 heteroatoms. The van der Waals surface area contributed by atoms with Gasteiger partial charge in [0.2, 0.25) is 0 Å². The van der Waals surface area contributed by atoms with Crippen molar-refractivity contribution in [1.82, 2.24) is 0 Å². The summed E-state index contributed by atoms with van der Waals surface area (Å²) in [6.07, 6.45) is -4.64. The summed E-state index contributed by atoms with van der Waals surface area (Å²) in [6.45, 7) is 1.93. The maximum atomic E-state index is 13.0. The molecule has 0 heterocycles. The number of ether oxygens (including phenoxy) is 2. The molecule has 25 heavy (non-hydrogen) atoms. The van der Waals surface area contributed by atoms with Crippen molar-refractivity contribution in [3.63, 3.8) is 0 Å². The van der Waals surface area contributed by atoms with Crippen molar-refractivity contribution in [3.8, 4) is 11.5 Å². The fourth-order valence-electron chi connectivity index (χ4n) is 1.99. The number of carbonyl (C=O) groups excluding carboxylic acids is 1. The van der Waals surface area contributed by atoms with E-state index < -0.39 is 24.3 Å². The number of hydrogen-bond acceptors (Lipinski definition) is 3. The summed E-state index contributed by atoms with van der Waals surface area (Å²) < 4.78 is 49.4. The fourth-order valence-corrected chi connectivity index (χ4v) is 2.17. The first-order chi connectivity index (χ1) is 11.8. The van der Waals surface area contributed by atoms with Crippen molar-refractivity contribution in [2.24, 2.45) is 0 Å². The zero-order valence-electron chi connectivity index (χ0n) is 13.2. The zero-order valence-corrected chi connectivity index (χ0v) is 13.9. The molecule has 1 amide bonds. The van der Waals surface area contributed by atoms with Crippen molar-refractivity contribution in [1.29, 1.82) is 0 Å². The van der Waals surface area contributed by atoms with Gasteiger partial charge in [0.15, 0.2) is 6.61 Å². The van der Waals surface area contributed by atoms with E-state index in [0.29, 0.717) is 18.1 Å². The third-order valence-electron chi connectivity index (χ3n) is 3.07. The van der Waals surface area contributed by atoms with Gasteiger partial charge in [0.1, 0.15) is 11.5 Å². The molecule has 2 aromatic carbocycles. The van der Waals surface area contributed by atoms with Gasteiger partial charge in [-0.2, -0.15) is 13.2 Å². The highest BCUT2D eigenvalue weighted by molar-refractivity contribution is 6.30. The van der Waals surface area contributed by atoms with Gasteiger partial charge < -0.3 is 14.8 Å². The molecule has 0 aliphatic heterocycles. The van der Waals surface area contributed by atoms with Crippen LogP contribution < -0.4 is 14.8 Å². The van der Waals surface area contributed by atoms with Gasteiger partial charge in [-0.1, -0.05) is 11.6 Å². The van der Waals surface area contributed by atoms with E-state index in [9.17, 15) is 18.0 Å². The molecule has 0 aromatic heterocycles. The molecule has 4 nitrogen and oxygen atoms in total. The molecule has 0 aliphatic rings. The van der Waals surface area contributed by atoms with Gasteiger partial charge >= 0.3 is 6.18 Å². The van der Waals surface area contributed by atoms with E-state index in [1.54, 1.807) is 24.3 Å². The quantitative estimate of drug-likeness (QED) is 0.793. The van der Waals surface area contributed by atoms with E-state index in [-0.39, 0.29) is 10.7 Å². The number of anilines is 1. The molecule has 2 aromatic rings. The van der Waals surface area contributed by atoms with Crippen LogP contribution in [0.5, 0.6) is 11.5 Å². The molecule has 0 atom stereocenters. The Morgan fingerprint density at radius 3 is 2.24 bits per heavy atom. The Kier molecular flexibility index (Phi) is 6.14.